The molecule has 0 atom stereocenters. The van der Waals surface area contributed by atoms with Crippen molar-refractivity contribution < 1.29 is 8.42 Å². The molecule has 0 radical (unpaired) electrons. The first-order valence-corrected chi connectivity index (χ1v) is 11.5. The zero-order chi connectivity index (χ0) is 19.4. The van der Waals surface area contributed by atoms with Gasteiger partial charge in [-0.05, 0) is 30.0 Å². The first-order chi connectivity index (χ1) is 13.6. The highest BCUT2D eigenvalue weighted by Crippen LogP contribution is 2.20. The van der Waals surface area contributed by atoms with Crippen LogP contribution in [0.3, 0.4) is 0 Å². The minimum Gasteiger partial charge on any atom is -0.361 e. The number of rotatable bonds is 7. The number of aromatic amines is 1. The molecular formula is C22H27N3O2S. The van der Waals surface area contributed by atoms with Crippen molar-refractivity contribution in [1.82, 2.24) is 14.2 Å². The van der Waals surface area contributed by atoms with Crippen molar-refractivity contribution in [2.24, 2.45) is 0 Å². The summed E-state index contributed by atoms with van der Waals surface area (Å²) in [5, 5.41) is 1.25. The second-order valence-electron chi connectivity index (χ2n) is 7.44. The number of piperazine rings is 1. The van der Waals surface area contributed by atoms with Gasteiger partial charge in [-0.3, -0.25) is 4.90 Å². The molecule has 2 aromatic carbocycles. The van der Waals surface area contributed by atoms with Crippen LogP contribution in [0.25, 0.3) is 10.9 Å². The van der Waals surface area contributed by atoms with E-state index < -0.39 is 10.0 Å². The lowest BCUT2D eigenvalue weighted by molar-refractivity contribution is 0.182. The summed E-state index contributed by atoms with van der Waals surface area (Å²) in [5.74, 6) is 0.227. The number of nitrogens with zero attached hydrogens (tertiary/aromatic N) is 2. The lowest BCUT2D eigenvalue weighted by atomic mass is 10.1. The topological polar surface area (TPSA) is 56.4 Å². The summed E-state index contributed by atoms with van der Waals surface area (Å²) in [7, 11) is -3.17. The molecule has 1 fully saturated rings. The molecule has 1 aliphatic heterocycles. The number of para-hydroxylation sites is 1. The lowest BCUT2D eigenvalue weighted by Crippen LogP contribution is -2.48. The second-order valence-corrected chi connectivity index (χ2v) is 9.53. The first-order valence-electron chi connectivity index (χ1n) is 9.91. The molecule has 1 saturated heterocycles. The molecule has 1 N–H and O–H groups in total. The van der Waals surface area contributed by atoms with Gasteiger partial charge in [-0.1, -0.05) is 48.5 Å². The number of hydrogen-bond acceptors (Lipinski definition) is 3. The molecule has 6 heteroatoms. The van der Waals surface area contributed by atoms with Gasteiger partial charge in [-0.25, -0.2) is 8.42 Å². The largest absolute Gasteiger partial charge is 0.361 e. The SMILES string of the molecule is O=S(=O)(CCCc1ccccc1)N1CCN(Cc2c[nH]c3ccccc23)CC1. The number of benzene rings is 2. The van der Waals surface area contributed by atoms with E-state index in [4.69, 9.17) is 0 Å². The highest BCUT2D eigenvalue weighted by Gasteiger charge is 2.26. The van der Waals surface area contributed by atoms with Gasteiger partial charge >= 0.3 is 0 Å². The Kier molecular flexibility index (Phi) is 5.80. The summed E-state index contributed by atoms with van der Waals surface area (Å²) in [6.45, 7) is 3.56. The molecule has 4 rings (SSSR count). The number of aryl methyl sites for hydroxylation is 1. The summed E-state index contributed by atoms with van der Waals surface area (Å²) < 4.78 is 27.0. The van der Waals surface area contributed by atoms with E-state index in [1.54, 1.807) is 4.31 Å². The van der Waals surface area contributed by atoms with E-state index in [-0.39, 0.29) is 5.75 Å². The average Bonchev–Trinajstić information content (AvgIpc) is 3.12. The van der Waals surface area contributed by atoms with Gasteiger partial charge in [0.2, 0.25) is 10.0 Å². The fraction of sp³-hybridized carbons (Fsp3) is 0.364. The van der Waals surface area contributed by atoms with Gasteiger partial charge in [0.25, 0.3) is 0 Å². The van der Waals surface area contributed by atoms with E-state index in [1.807, 2.05) is 24.3 Å². The number of nitrogens with one attached hydrogen (secondary N) is 1. The van der Waals surface area contributed by atoms with Gasteiger partial charge in [0.05, 0.1) is 5.75 Å². The zero-order valence-electron chi connectivity index (χ0n) is 16.0. The Balaban J connectivity index is 1.28. The van der Waals surface area contributed by atoms with Gasteiger partial charge < -0.3 is 4.98 Å². The van der Waals surface area contributed by atoms with Crippen molar-refractivity contribution in [2.75, 3.05) is 31.9 Å². The fourth-order valence-corrected chi connectivity index (χ4v) is 5.39. The van der Waals surface area contributed by atoms with Crippen LogP contribution in [-0.2, 0) is 23.0 Å². The molecule has 0 unspecified atom stereocenters. The molecular weight excluding hydrogens is 370 g/mol. The van der Waals surface area contributed by atoms with E-state index in [1.165, 1.54) is 16.5 Å². The third-order valence-electron chi connectivity index (χ3n) is 5.50. The summed E-state index contributed by atoms with van der Waals surface area (Å²) >= 11 is 0. The number of sulfonamides is 1. The van der Waals surface area contributed by atoms with Crippen molar-refractivity contribution >= 4 is 20.9 Å². The highest BCUT2D eigenvalue weighted by molar-refractivity contribution is 7.89. The average molecular weight is 398 g/mol. The van der Waals surface area contributed by atoms with Crippen LogP contribution < -0.4 is 0 Å². The van der Waals surface area contributed by atoms with Crippen LogP contribution in [0, 0.1) is 0 Å². The van der Waals surface area contributed by atoms with Gasteiger partial charge in [0.1, 0.15) is 0 Å². The van der Waals surface area contributed by atoms with Gasteiger partial charge in [-0.2, -0.15) is 4.31 Å². The van der Waals surface area contributed by atoms with Crippen LogP contribution in [0.1, 0.15) is 17.5 Å². The number of fused-ring (bicyclic) bond motifs is 1. The molecule has 5 nitrogen and oxygen atoms in total. The number of aromatic nitrogens is 1. The number of hydrogen-bond donors (Lipinski definition) is 1. The fourth-order valence-electron chi connectivity index (χ4n) is 3.90. The normalized spacial score (nSPS) is 16.6. The maximum Gasteiger partial charge on any atom is 0.214 e. The van der Waals surface area contributed by atoms with Crippen LogP contribution in [0.15, 0.2) is 60.8 Å². The Labute approximate surface area is 167 Å². The quantitative estimate of drug-likeness (QED) is 0.666. The molecule has 1 aliphatic rings. The van der Waals surface area contributed by atoms with Crippen molar-refractivity contribution in [3.05, 3.63) is 71.9 Å². The molecule has 1 aromatic heterocycles. The van der Waals surface area contributed by atoms with Crippen LogP contribution in [-0.4, -0.2) is 54.5 Å². The predicted molar refractivity (Wildman–Crippen MR) is 114 cm³/mol. The van der Waals surface area contributed by atoms with Gasteiger partial charge in [0.15, 0.2) is 0 Å². The lowest BCUT2D eigenvalue weighted by Gasteiger charge is -2.34. The monoisotopic (exact) mass is 397 g/mol. The summed E-state index contributed by atoms with van der Waals surface area (Å²) in [6.07, 6.45) is 3.54. The molecule has 2 heterocycles. The van der Waals surface area contributed by atoms with Crippen LogP contribution in [0.2, 0.25) is 0 Å². The Morgan fingerprint density at radius 3 is 2.39 bits per heavy atom. The molecule has 0 bridgehead atoms. The van der Waals surface area contributed by atoms with E-state index in [9.17, 15) is 8.42 Å². The van der Waals surface area contributed by atoms with E-state index in [0.29, 0.717) is 19.5 Å². The first kappa shape index (κ1) is 19.2. The molecule has 0 saturated carbocycles. The summed E-state index contributed by atoms with van der Waals surface area (Å²) in [4.78, 5) is 5.65. The molecule has 3 aromatic rings. The van der Waals surface area contributed by atoms with Crippen molar-refractivity contribution in [2.45, 2.75) is 19.4 Å². The van der Waals surface area contributed by atoms with E-state index >= 15 is 0 Å². The minimum absolute atomic E-state index is 0.227. The Morgan fingerprint density at radius 1 is 0.893 bits per heavy atom. The van der Waals surface area contributed by atoms with Gasteiger partial charge in [-0.15, -0.1) is 0 Å². The van der Waals surface area contributed by atoms with E-state index in [0.717, 1.165) is 31.6 Å². The Morgan fingerprint density at radius 2 is 1.61 bits per heavy atom. The van der Waals surface area contributed by atoms with Gasteiger partial charge in [0, 0.05) is 49.8 Å². The van der Waals surface area contributed by atoms with Crippen molar-refractivity contribution in [3.63, 3.8) is 0 Å². The summed E-state index contributed by atoms with van der Waals surface area (Å²) in [5.41, 5.74) is 3.62. The van der Waals surface area contributed by atoms with Crippen molar-refractivity contribution in [3.8, 4) is 0 Å². The molecule has 0 amide bonds. The van der Waals surface area contributed by atoms with E-state index in [2.05, 4.69) is 46.4 Å². The Bertz CT molecular complexity index is 1010. The summed E-state index contributed by atoms with van der Waals surface area (Å²) in [6, 6.07) is 18.4. The van der Waals surface area contributed by atoms with Crippen molar-refractivity contribution in [1.29, 1.82) is 0 Å². The maximum absolute atomic E-state index is 12.7. The smallest absolute Gasteiger partial charge is 0.214 e. The number of H-pyrrole nitrogens is 1. The molecule has 28 heavy (non-hydrogen) atoms. The molecule has 0 aliphatic carbocycles. The third kappa shape index (κ3) is 4.46. The standard InChI is InChI=1S/C22H27N3O2S/c26-28(27,16-6-9-19-7-2-1-3-8-19)25-14-12-24(13-15-25)18-20-17-23-22-11-5-4-10-21(20)22/h1-5,7-8,10-11,17,23H,6,9,12-16,18H2. The van der Waals surface area contributed by atoms with Crippen LogP contribution in [0.4, 0.5) is 0 Å². The van der Waals surface area contributed by atoms with Crippen LogP contribution in [0.5, 0.6) is 0 Å². The maximum atomic E-state index is 12.7. The molecule has 0 spiro atoms. The Hall–Kier alpha value is -2.15. The van der Waals surface area contributed by atoms with Crippen LogP contribution >= 0.6 is 0 Å². The zero-order valence-corrected chi connectivity index (χ0v) is 16.9. The highest BCUT2D eigenvalue weighted by atomic mass is 32.2. The predicted octanol–water partition coefficient (Wildman–Crippen LogP) is 3.25. The molecule has 148 valence electrons. The second kappa shape index (κ2) is 8.47. The minimum atomic E-state index is -3.17. The third-order valence-corrected chi connectivity index (χ3v) is 7.46.